The van der Waals surface area contributed by atoms with E-state index in [1.54, 1.807) is 6.33 Å². The van der Waals surface area contributed by atoms with Gasteiger partial charge < -0.3 is 14.6 Å². The normalized spacial score (nSPS) is 11.9. The Bertz CT molecular complexity index is 599. The van der Waals surface area contributed by atoms with Gasteiger partial charge in [-0.05, 0) is 24.6 Å². The molecule has 1 heterocycles. The first-order chi connectivity index (χ1) is 10.2. The molecule has 0 aliphatic heterocycles. The van der Waals surface area contributed by atoms with Gasteiger partial charge in [0, 0.05) is 26.1 Å². The highest BCUT2D eigenvalue weighted by atomic mass is 16.5. The predicted octanol–water partition coefficient (Wildman–Crippen LogP) is 1.61. The highest BCUT2D eigenvalue weighted by molar-refractivity contribution is 5.29. The zero-order valence-corrected chi connectivity index (χ0v) is 12.3. The van der Waals surface area contributed by atoms with Gasteiger partial charge in [0.25, 0.3) is 0 Å². The maximum Gasteiger partial charge on any atom is 0.174 e. The van der Waals surface area contributed by atoms with E-state index in [2.05, 4.69) is 22.4 Å². The van der Waals surface area contributed by atoms with Crippen LogP contribution in [0.5, 0.6) is 5.75 Å². The van der Waals surface area contributed by atoms with Gasteiger partial charge in [-0.15, -0.1) is 10.2 Å². The molecule has 0 radical (unpaired) electrons. The molecule has 2 aromatic rings. The largest absolute Gasteiger partial charge is 0.479 e. The third-order valence-corrected chi connectivity index (χ3v) is 3.29. The molecule has 1 N–H and O–H groups in total. The van der Waals surface area contributed by atoms with Crippen molar-refractivity contribution in [1.82, 2.24) is 20.1 Å². The number of nitriles is 1. The van der Waals surface area contributed by atoms with Crippen LogP contribution in [-0.4, -0.2) is 27.9 Å². The number of hydrogen-bond donors (Lipinski definition) is 1. The van der Waals surface area contributed by atoms with Crippen LogP contribution in [-0.2, 0) is 13.5 Å². The Kier molecular flexibility index (Phi) is 5.29. The van der Waals surface area contributed by atoms with Crippen molar-refractivity contribution in [2.75, 3.05) is 13.2 Å². The second kappa shape index (κ2) is 7.41. The molecule has 1 aromatic carbocycles. The van der Waals surface area contributed by atoms with Crippen LogP contribution in [0.2, 0.25) is 0 Å². The van der Waals surface area contributed by atoms with Crippen LogP contribution < -0.4 is 10.1 Å². The van der Waals surface area contributed by atoms with Crippen molar-refractivity contribution >= 4 is 0 Å². The Hall–Kier alpha value is -2.39. The van der Waals surface area contributed by atoms with Crippen LogP contribution >= 0.6 is 0 Å². The molecule has 6 heteroatoms. The van der Waals surface area contributed by atoms with Gasteiger partial charge in [0.2, 0.25) is 0 Å². The molecule has 1 atom stereocenters. The highest BCUT2D eigenvalue weighted by Crippen LogP contribution is 2.17. The van der Waals surface area contributed by atoms with E-state index in [4.69, 9.17) is 10.00 Å². The quantitative estimate of drug-likeness (QED) is 0.836. The minimum atomic E-state index is 0.0743. The van der Waals surface area contributed by atoms with Crippen molar-refractivity contribution in [2.24, 2.45) is 7.05 Å². The molecule has 6 nitrogen and oxygen atoms in total. The topological polar surface area (TPSA) is 75.8 Å². The number of aromatic nitrogens is 3. The Labute approximate surface area is 124 Å². The maximum absolute atomic E-state index is 8.47. The zero-order valence-electron chi connectivity index (χ0n) is 12.3. The Balaban J connectivity index is 1.81. The molecular weight excluding hydrogens is 266 g/mol. The number of nitrogens with zero attached hydrogens (tertiary/aromatic N) is 4. The number of nitrogens with one attached hydrogen (secondary N) is 1. The molecule has 0 spiro atoms. The van der Waals surface area contributed by atoms with Crippen molar-refractivity contribution < 1.29 is 4.74 Å². The smallest absolute Gasteiger partial charge is 0.174 e. The summed E-state index contributed by atoms with van der Waals surface area (Å²) in [6.07, 6.45) is 2.54. The van der Waals surface area contributed by atoms with Gasteiger partial charge in [-0.2, -0.15) is 5.26 Å². The summed E-state index contributed by atoms with van der Waals surface area (Å²) < 4.78 is 7.16. The summed E-state index contributed by atoms with van der Waals surface area (Å²) in [5.74, 6) is 1.68. The first-order valence-electron chi connectivity index (χ1n) is 6.86. The third kappa shape index (κ3) is 4.29. The number of hydrogen-bond acceptors (Lipinski definition) is 5. The van der Waals surface area contributed by atoms with E-state index >= 15 is 0 Å². The second-order valence-electron chi connectivity index (χ2n) is 4.80. The molecular formula is C15H19N5O. The molecule has 1 unspecified atom stereocenters. The van der Waals surface area contributed by atoms with Crippen LogP contribution in [0.25, 0.3) is 0 Å². The second-order valence-corrected chi connectivity index (χ2v) is 4.80. The minimum Gasteiger partial charge on any atom is -0.479 e. The van der Waals surface area contributed by atoms with Crippen molar-refractivity contribution in [2.45, 2.75) is 19.4 Å². The Morgan fingerprint density at radius 3 is 2.76 bits per heavy atom. The summed E-state index contributed by atoms with van der Waals surface area (Å²) in [5.41, 5.74) is 1.18. The van der Waals surface area contributed by atoms with Crippen molar-refractivity contribution in [3.05, 3.63) is 42.0 Å². The standard InChI is InChI=1S/C15H19N5O/c1-12(17-9-7-15-19-18-11-20(15)2)13-3-5-14(6-4-13)21-10-8-16/h3-6,11-12,17H,7,9-10H2,1-2H3. The van der Waals surface area contributed by atoms with Crippen LogP contribution in [0.4, 0.5) is 0 Å². The van der Waals surface area contributed by atoms with Crippen LogP contribution in [0.1, 0.15) is 24.4 Å². The average molecular weight is 285 g/mol. The predicted molar refractivity (Wildman–Crippen MR) is 78.7 cm³/mol. The lowest BCUT2D eigenvalue weighted by Crippen LogP contribution is -2.22. The SMILES string of the molecule is CC(NCCc1nncn1C)c1ccc(OCC#N)cc1. The first kappa shape index (κ1) is 15.0. The summed E-state index contributed by atoms with van der Waals surface area (Å²) in [6.45, 7) is 3.02. The lowest BCUT2D eigenvalue weighted by Gasteiger charge is -2.14. The number of aryl methyl sites for hydroxylation is 1. The lowest BCUT2D eigenvalue weighted by atomic mass is 10.1. The molecule has 0 saturated heterocycles. The summed E-state index contributed by atoms with van der Waals surface area (Å²) in [6, 6.07) is 9.97. The van der Waals surface area contributed by atoms with Crippen molar-refractivity contribution in [3.8, 4) is 11.8 Å². The van der Waals surface area contributed by atoms with E-state index in [1.165, 1.54) is 5.56 Å². The maximum atomic E-state index is 8.47. The first-order valence-corrected chi connectivity index (χ1v) is 6.86. The molecule has 2 rings (SSSR count). The van der Waals surface area contributed by atoms with Crippen LogP contribution in [0.3, 0.4) is 0 Å². The Morgan fingerprint density at radius 2 is 2.14 bits per heavy atom. The number of ether oxygens (including phenoxy) is 1. The van der Waals surface area contributed by atoms with Gasteiger partial charge in [-0.1, -0.05) is 12.1 Å². The van der Waals surface area contributed by atoms with Crippen molar-refractivity contribution in [1.29, 1.82) is 5.26 Å². The molecule has 0 bridgehead atoms. The van der Waals surface area contributed by atoms with Gasteiger partial charge in [0.15, 0.2) is 6.61 Å². The summed E-state index contributed by atoms with van der Waals surface area (Å²) in [4.78, 5) is 0. The van der Waals surface area contributed by atoms with E-state index in [-0.39, 0.29) is 12.6 Å². The van der Waals surface area contributed by atoms with E-state index in [9.17, 15) is 0 Å². The average Bonchev–Trinajstić information content (AvgIpc) is 2.91. The fourth-order valence-electron chi connectivity index (χ4n) is 2.02. The molecule has 0 amide bonds. The van der Waals surface area contributed by atoms with Crippen LogP contribution in [0, 0.1) is 11.3 Å². The van der Waals surface area contributed by atoms with Gasteiger partial charge in [0.05, 0.1) is 0 Å². The Morgan fingerprint density at radius 1 is 1.38 bits per heavy atom. The third-order valence-electron chi connectivity index (χ3n) is 3.29. The van der Waals surface area contributed by atoms with Crippen LogP contribution in [0.15, 0.2) is 30.6 Å². The van der Waals surface area contributed by atoms with Gasteiger partial charge in [-0.3, -0.25) is 0 Å². The van der Waals surface area contributed by atoms with Gasteiger partial charge in [-0.25, -0.2) is 0 Å². The van der Waals surface area contributed by atoms with E-state index < -0.39 is 0 Å². The molecule has 110 valence electrons. The van der Waals surface area contributed by atoms with E-state index in [1.807, 2.05) is 41.9 Å². The zero-order chi connectivity index (χ0) is 15.1. The molecule has 0 fully saturated rings. The van der Waals surface area contributed by atoms with Gasteiger partial charge >= 0.3 is 0 Å². The summed E-state index contributed by atoms with van der Waals surface area (Å²) in [7, 11) is 1.94. The van der Waals surface area contributed by atoms with E-state index in [0.29, 0.717) is 5.75 Å². The lowest BCUT2D eigenvalue weighted by molar-refractivity contribution is 0.368. The molecule has 0 aliphatic rings. The monoisotopic (exact) mass is 285 g/mol. The fourth-order valence-corrected chi connectivity index (χ4v) is 2.02. The molecule has 0 aliphatic carbocycles. The minimum absolute atomic E-state index is 0.0743. The summed E-state index contributed by atoms with van der Waals surface area (Å²) in [5, 5.41) is 19.8. The highest BCUT2D eigenvalue weighted by Gasteiger charge is 2.06. The number of rotatable bonds is 7. The molecule has 1 aromatic heterocycles. The molecule has 21 heavy (non-hydrogen) atoms. The van der Waals surface area contributed by atoms with Crippen molar-refractivity contribution in [3.63, 3.8) is 0 Å². The fraction of sp³-hybridized carbons (Fsp3) is 0.400. The van der Waals surface area contributed by atoms with E-state index in [0.717, 1.165) is 18.8 Å². The van der Waals surface area contributed by atoms with Gasteiger partial charge in [0.1, 0.15) is 24.0 Å². The molecule has 0 saturated carbocycles. The number of benzene rings is 1. The summed E-state index contributed by atoms with van der Waals surface area (Å²) >= 11 is 0.